The number of aromatic nitrogens is 1. The molecule has 1 aliphatic heterocycles. The van der Waals surface area contributed by atoms with E-state index >= 15 is 0 Å². The summed E-state index contributed by atoms with van der Waals surface area (Å²) in [6.07, 6.45) is 0.618. The Morgan fingerprint density at radius 2 is 1.83 bits per heavy atom. The van der Waals surface area contributed by atoms with Gasteiger partial charge in [0.2, 0.25) is 0 Å². The number of pyridine rings is 1. The summed E-state index contributed by atoms with van der Waals surface area (Å²) in [6, 6.07) is 12.8. The van der Waals surface area contributed by atoms with E-state index in [-0.39, 0.29) is 4.90 Å². The molecule has 0 N–H and O–H groups in total. The fourth-order valence-electron chi connectivity index (χ4n) is 3.03. The molecule has 0 amide bonds. The maximum atomic E-state index is 13.1. The van der Waals surface area contributed by atoms with E-state index < -0.39 is 15.8 Å². The first-order chi connectivity index (χ1) is 11.4. The number of halogens is 1. The minimum atomic E-state index is -3.74. The van der Waals surface area contributed by atoms with Crippen molar-refractivity contribution in [3.05, 3.63) is 65.5 Å². The number of rotatable bonds is 2. The van der Waals surface area contributed by atoms with Gasteiger partial charge in [0, 0.05) is 11.9 Å². The van der Waals surface area contributed by atoms with Crippen LogP contribution in [-0.2, 0) is 16.4 Å². The number of hydrogen-bond acceptors (Lipinski definition) is 3. The van der Waals surface area contributed by atoms with E-state index in [1.165, 1.54) is 16.4 Å². The summed E-state index contributed by atoms with van der Waals surface area (Å²) in [4.78, 5) is 4.63. The van der Waals surface area contributed by atoms with Crippen LogP contribution < -0.4 is 4.31 Å². The highest BCUT2D eigenvalue weighted by atomic mass is 32.2. The van der Waals surface area contributed by atoms with E-state index in [0.29, 0.717) is 18.8 Å². The maximum absolute atomic E-state index is 13.1. The molecule has 0 saturated heterocycles. The molecule has 4 rings (SSSR count). The van der Waals surface area contributed by atoms with Crippen molar-refractivity contribution >= 4 is 26.7 Å². The highest BCUT2D eigenvalue weighted by Crippen LogP contribution is 2.33. The number of hydrogen-bond donors (Lipinski definition) is 0. The molecular weight excluding hydrogens is 327 g/mol. The van der Waals surface area contributed by atoms with Gasteiger partial charge in [0.05, 0.1) is 10.4 Å². The quantitative estimate of drug-likeness (QED) is 0.717. The maximum Gasteiger partial charge on any atom is 0.265 e. The molecule has 2 aromatic carbocycles. The predicted molar refractivity (Wildman–Crippen MR) is 91.1 cm³/mol. The fourth-order valence-corrected chi connectivity index (χ4v) is 4.48. The van der Waals surface area contributed by atoms with Gasteiger partial charge in [-0.15, -0.1) is 0 Å². The normalized spacial score (nSPS) is 14.2. The van der Waals surface area contributed by atoms with E-state index in [2.05, 4.69) is 4.98 Å². The van der Waals surface area contributed by atoms with Crippen LogP contribution in [0.1, 0.15) is 11.1 Å². The smallest absolute Gasteiger partial charge is 0.249 e. The highest BCUT2D eigenvalue weighted by molar-refractivity contribution is 7.92. The lowest BCUT2D eigenvalue weighted by molar-refractivity contribution is 0.591. The van der Waals surface area contributed by atoms with E-state index in [4.69, 9.17) is 0 Å². The van der Waals surface area contributed by atoms with Crippen LogP contribution in [0.25, 0.3) is 10.9 Å². The number of nitrogens with zero attached hydrogens (tertiary/aromatic N) is 2. The van der Waals surface area contributed by atoms with Gasteiger partial charge in [-0.3, -0.25) is 0 Å². The van der Waals surface area contributed by atoms with Crippen LogP contribution in [0.2, 0.25) is 0 Å². The molecule has 0 radical (unpaired) electrons. The van der Waals surface area contributed by atoms with E-state index in [1.54, 1.807) is 0 Å². The third-order valence-electron chi connectivity index (χ3n) is 4.25. The summed E-state index contributed by atoms with van der Waals surface area (Å²) >= 11 is 0. The van der Waals surface area contributed by atoms with Crippen LogP contribution in [0.4, 0.5) is 10.2 Å². The minimum absolute atomic E-state index is 0.0718. The second-order valence-corrected chi connectivity index (χ2v) is 7.81. The van der Waals surface area contributed by atoms with Gasteiger partial charge in [0.1, 0.15) is 11.6 Å². The molecule has 1 aliphatic rings. The van der Waals surface area contributed by atoms with Gasteiger partial charge >= 0.3 is 0 Å². The summed E-state index contributed by atoms with van der Waals surface area (Å²) in [7, 11) is -3.74. The monoisotopic (exact) mass is 342 g/mol. The summed E-state index contributed by atoms with van der Waals surface area (Å²) in [6.45, 7) is 2.36. The van der Waals surface area contributed by atoms with E-state index in [9.17, 15) is 12.8 Å². The molecule has 4 nitrogen and oxygen atoms in total. The largest absolute Gasteiger partial charge is 0.265 e. The summed E-state index contributed by atoms with van der Waals surface area (Å²) in [5.74, 6) is 0.00550. The van der Waals surface area contributed by atoms with Crippen LogP contribution >= 0.6 is 0 Å². The topological polar surface area (TPSA) is 50.3 Å². The SMILES string of the molecule is Cc1ccc2nc3c(cc2c1)CCN3S(=O)(=O)c1ccc(F)cc1. The molecule has 0 aliphatic carbocycles. The summed E-state index contributed by atoms with van der Waals surface area (Å²) in [5, 5.41) is 1.01. The van der Waals surface area contributed by atoms with E-state index in [1.807, 2.05) is 31.2 Å². The molecule has 0 fully saturated rings. The Balaban J connectivity index is 1.83. The van der Waals surface area contributed by atoms with Gasteiger partial charge in [-0.1, -0.05) is 11.6 Å². The zero-order chi connectivity index (χ0) is 16.9. The van der Waals surface area contributed by atoms with Crippen molar-refractivity contribution in [2.75, 3.05) is 10.8 Å². The standard InChI is InChI=1S/C18H15FN2O2S/c1-12-2-7-17-14(10-12)11-13-8-9-21(18(13)20-17)24(22,23)16-5-3-15(19)4-6-16/h2-7,10-11H,8-9H2,1H3. The van der Waals surface area contributed by atoms with Crippen molar-refractivity contribution in [2.24, 2.45) is 0 Å². The van der Waals surface area contributed by atoms with E-state index in [0.717, 1.165) is 34.2 Å². The first-order valence-electron chi connectivity index (χ1n) is 7.64. The summed E-state index contributed by atoms with van der Waals surface area (Å²) in [5.41, 5.74) is 2.82. The van der Waals surface area contributed by atoms with Crippen molar-refractivity contribution in [1.82, 2.24) is 4.98 Å². The zero-order valence-corrected chi connectivity index (χ0v) is 13.8. The molecule has 122 valence electrons. The molecule has 0 spiro atoms. The van der Waals surface area contributed by atoms with Gasteiger partial charge < -0.3 is 0 Å². The van der Waals surface area contributed by atoms with Gasteiger partial charge in [-0.05, 0) is 61.4 Å². The van der Waals surface area contributed by atoms with Crippen LogP contribution in [0.5, 0.6) is 0 Å². The van der Waals surface area contributed by atoms with Gasteiger partial charge in [0.15, 0.2) is 0 Å². The molecule has 2 heterocycles. The first kappa shape index (κ1) is 15.1. The van der Waals surface area contributed by atoms with Crippen molar-refractivity contribution in [3.8, 4) is 0 Å². The van der Waals surface area contributed by atoms with Gasteiger partial charge in [-0.25, -0.2) is 22.1 Å². The third-order valence-corrected chi connectivity index (χ3v) is 6.05. The Morgan fingerprint density at radius 1 is 1.08 bits per heavy atom. The van der Waals surface area contributed by atoms with Crippen molar-refractivity contribution in [1.29, 1.82) is 0 Å². The lowest BCUT2D eigenvalue weighted by Crippen LogP contribution is -2.29. The molecule has 6 heteroatoms. The third kappa shape index (κ3) is 2.34. The molecule has 3 aromatic rings. The second kappa shape index (κ2) is 5.27. The number of anilines is 1. The molecule has 0 bridgehead atoms. The van der Waals surface area contributed by atoms with Gasteiger partial charge in [0.25, 0.3) is 10.0 Å². The van der Waals surface area contributed by atoms with Gasteiger partial charge in [-0.2, -0.15) is 0 Å². The first-order valence-corrected chi connectivity index (χ1v) is 9.08. The predicted octanol–water partition coefficient (Wildman–Crippen LogP) is 3.43. The molecule has 0 saturated carbocycles. The Labute approximate surface area is 139 Å². The summed E-state index contributed by atoms with van der Waals surface area (Å²) < 4.78 is 40.1. The van der Waals surface area contributed by atoms with Crippen molar-refractivity contribution < 1.29 is 12.8 Å². The molecule has 0 atom stereocenters. The van der Waals surface area contributed by atoms with Crippen LogP contribution in [0.15, 0.2) is 53.4 Å². The average Bonchev–Trinajstić information content (AvgIpc) is 2.96. The molecular formula is C18H15FN2O2S. The number of benzene rings is 2. The number of aryl methyl sites for hydroxylation is 1. The number of sulfonamides is 1. The molecule has 24 heavy (non-hydrogen) atoms. The second-order valence-electron chi connectivity index (χ2n) is 5.95. The lowest BCUT2D eigenvalue weighted by Gasteiger charge is -2.19. The zero-order valence-electron chi connectivity index (χ0n) is 13.0. The van der Waals surface area contributed by atoms with Crippen LogP contribution in [0.3, 0.4) is 0 Å². The molecule has 1 aromatic heterocycles. The van der Waals surface area contributed by atoms with Crippen LogP contribution in [-0.4, -0.2) is 19.9 Å². The van der Waals surface area contributed by atoms with Crippen LogP contribution in [0, 0.1) is 12.7 Å². The fraction of sp³-hybridized carbons (Fsp3) is 0.167. The highest BCUT2D eigenvalue weighted by Gasteiger charge is 2.32. The Kier molecular flexibility index (Phi) is 3.31. The Bertz CT molecular complexity index is 1050. The number of fused-ring (bicyclic) bond motifs is 2. The Morgan fingerprint density at radius 3 is 2.58 bits per heavy atom. The lowest BCUT2D eigenvalue weighted by atomic mass is 10.1. The molecule has 0 unspecified atom stereocenters. The average molecular weight is 342 g/mol. The van der Waals surface area contributed by atoms with Crippen molar-refractivity contribution in [3.63, 3.8) is 0 Å². The Hall–Kier alpha value is -2.47. The van der Waals surface area contributed by atoms with Crippen molar-refractivity contribution in [2.45, 2.75) is 18.2 Å². The minimum Gasteiger partial charge on any atom is -0.249 e.